The molecule has 0 unspecified atom stereocenters. The molecule has 0 fully saturated rings. The van der Waals surface area contributed by atoms with E-state index in [1.54, 1.807) is 0 Å². The molecule has 3 aromatic rings. The number of fused-ring (bicyclic) bond motifs is 1. The van der Waals surface area contributed by atoms with E-state index in [4.69, 9.17) is 4.74 Å². The van der Waals surface area contributed by atoms with E-state index < -0.39 is 11.7 Å². The summed E-state index contributed by atoms with van der Waals surface area (Å²) in [6, 6.07) is 11.0. The van der Waals surface area contributed by atoms with Crippen LogP contribution in [0.2, 0.25) is 0 Å². The molecule has 0 spiro atoms. The summed E-state index contributed by atoms with van der Waals surface area (Å²) in [5.74, 6) is 0.442. The number of halogens is 3. The summed E-state index contributed by atoms with van der Waals surface area (Å²) in [7, 11) is 0. The zero-order chi connectivity index (χ0) is 16.4. The van der Waals surface area contributed by atoms with E-state index in [2.05, 4.69) is 17.1 Å². The number of H-pyrrole nitrogens is 1. The van der Waals surface area contributed by atoms with E-state index >= 15 is 0 Å². The molecule has 0 amide bonds. The Hall–Kier alpha value is -2.43. The quantitative estimate of drug-likeness (QED) is 0.709. The smallest absolute Gasteiger partial charge is 0.416 e. The first-order chi connectivity index (χ1) is 10.9. The van der Waals surface area contributed by atoms with Crippen LogP contribution in [0.25, 0.3) is 10.9 Å². The van der Waals surface area contributed by atoms with Gasteiger partial charge in [-0.3, -0.25) is 0 Å². The van der Waals surface area contributed by atoms with E-state index in [1.165, 1.54) is 12.1 Å². The molecule has 0 radical (unpaired) electrons. The Morgan fingerprint density at radius 2 is 1.78 bits per heavy atom. The van der Waals surface area contributed by atoms with Gasteiger partial charge in [-0.25, -0.2) is 0 Å². The summed E-state index contributed by atoms with van der Waals surface area (Å²) < 4.78 is 43.0. The number of ether oxygens (including phenoxy) is 1. The summed E-state index contributed by atoms with van der Waals surface area (Å²) in [6.07, 6.45) is -1.72. The van der Waals surface area contributed by atoms with Gasteiger partial charge in [0, 0.05) is 18.1 Å². The summed E-state index contributed by atoms with van der Waals surface area (Å²) in [5.41, 5.74) is 2.76. The van der Waals surface area contributed by atoms with Crippen LogP contribution >= 0.6 is 0 Å². The van der Waals surface area contributed by atoms with E-state index in [0.29, 0.717) is 18.8 Å². The van der Waals surface area contributed by atoms with Crippen molar-refractivity contribution in [3.8, 4) is 5.75 Å². The average Bonchev–Trinajstić information content (AvgIpc) is 2.96. The van der Waals surface area contributed by atoms with Crippen LogP contribution < -0.4 is 4.74 Å². The monoisotopic (exact) mass is 319 g/mol. The first kappa shape index (κ1) is 15.5. The Bertz CT molecular complexity index is 803. The molecular formula is C18H16F3NO. The number of hydrogen-bond donors (Lipinski definition) is 1. The second kappa shape index (κ2) is 5.99. The number of alkyl halides is 3. The molecule has 0 saturated carbocycles. The van der Waals surface area contributed by atoms with Crippen molar-refractivity contribution >= 4 is 10.9 Å². The van der Waals surface area contributed by atoms with Gasteiger partial charge in [0.15, 0.2) is 0 Å². The summed E-state index contributed by atoms with van der Waals surface area (Å²) in [5, 5.41) is 1.15. The van der Waals surface area contributed by atoms with Gasteiger partial charge in [-0.15, -0.1) is 0 Å². The SMILES string of the molecule is Cc1cc(CCOc2ccc(C(F)(F)F)cc2)cc2cc[nH]c12. The zero-order valence-electron chi connectivity index (χ0n) is 12.6. The molecule has 1 aromatic heterocycles. The van der Waals surface area contributed by atoms with E-state index in [9.17, 15) is 13.2 Å². The molecule has 5 heteroatoms. The number of aromatic nitrogens is 1. The largest absolute Gasteiger partial charge is 0.493 e. The fraction of sp³-hybridized carbons (Fsp3) is 0.222. The number of rotatable bonds is 4. The van der Waals surface area contributed by atoms with E-state index in [-0.39, 0.29) is 0 Å². The molecule has 0 aliphatic heterocycles. The van der Waals surface area contributed by atoms with Crippen molar-refractivity contribution in [2.75, 3.05) is 6.61 Å². The summed E-state index contributed by atoms with van der Waals surface area (Å²) in [4.78, 5) is 3.19. The minimum atomic E-state index is -4.32. The standard InChI is InChI=1S/C18H16F3NO/c1-12-10-13(11-14-6-8-22-17(12)14)7-9-23-16-4-2-15(3-5-16)18(19,20)21/h2-6,8,10-11,22H,7,9H2,1H3. The van der Waals surface area contributed by atoms with Gasteiger partial charge in [0.05, 0.1) is 12.2 Å². The van der Waals surface area contributed by atoms with Crippen LogP contribution in [0.1, 0.15) is 16.7 Å². The number of aromatic amines is 1. The Kier molecular flexibility index (Phi) is 4.03. The number of aryl methyl sites for hydroxylation is 1. The molecule has 3 rings (SSSR count). The van der Waals surface area contributed by atoms with Crippen molar-refractivity contribution in [2.24, 2.45) is 0 Å². The van der Waals surface area contributed by atoms with Gasteiger partial charge < -0.3 is 9.72 Å². The van der Waals surface area contributed by atoms with Crippen molar-refractivity contribution in [2.45, 2.75) is 19.5 Å². The fourth-order valence-corrected chi connectivity index (χ4v) is 2.61. The second-order valence-corrected chi connectivity index (χ2v) is 5.48. The van der Waals surface area contributed by atoms with Crippen LogP contribution in [0, 0.1) is 6.92 Å². The van der Waals surface area contributed by atoms with E-state index in [1.807, 2.05) is 19.2 Å². The van der Waals surface area contributed by atoms with Crippen molar-refractivity contribution in [3.05, 3.63) is 65.4 Å². The van der Waals surface area contributed by atoms with Crippen LogP contribution in [0.4, 0.5) is 13.2 Å². The van der Waals surface area contributed by atoms with Crippen LogP contribution in [-0.2, 0) is 12.6 Å². The molecular weight excluding hydrogens is 303 g/mol. The molecule has 120 valence electrons. The van der Waals surface area contributed by atoms with Crippen molar-refractivity contribution in [1.29, 1.82) is 0 Å². The van der Waals surface area contributed by atoms with Crippen LogP contribution in [-0.4, -0.2) is 11.6 Å². The second-order valence-electron chi connectivity index (χ2n) is 5.48. The van der Waals surface area contributed by atoms with Gasteiger partial charge >= 0.3 is 6.18 Å². The van der Waals surface area contributed by atoms with Gasteiger partial charge in [-0.1, -0.05) is 6.07 Å². The van der Waals surface area contributed by atoms with Crippen LogP contribution in [0.3, 0.4) is 0 Å². The molecule has 2 nitrogen and oxygen atoms in total. The lowest BCUT2D eigenvalue weighted by Gasteiger charge is -2.10. The van der Waals surface area contributed by atoms with E-state index in [0.717, 1.165) is 34.2 Å². The third kappa shape index (κ3) is 3.50. The average molecular weight is 319 g/mol. The van der Waals surface area contributed by atoms with Crippen molar-refractivity contribution < 1.29 is 17.9 Å². The highest BCUT2D eigenvalue weighted by atomic mass is 19.4. The molecule has 0 aliphatic rings. The lowest BCUT2D eigenvalue weighted by atomic mass is 10.1. The highest BCUT2D eigenvalue weighted by Crippen LogP contribution is 2.30. The topological polar surface area (TPSA) is 25.0 Å². The zero-order valence-corrected chi connectivity index (χ0v) is 12.6. The third-order valence-corrected chi connectivity index (χ3v) is 3.76. The molecule has 0 aliphatic carbocycles. The predicted molar refractivity (Wildman–Crippen MR) is 83.7 cm³/mol. The van der Waals surface area contributed by atoms with Crippen molar-refractivity contribution in [1.82, 2.24) is 4.98 Å². The highest BCUT2D eigenvalue weighted by molar-refractivity contribution is 5.83. The number of benzene rings is 2. The van der Waals surface area contributed by atoms with Gasteiger partial charge in [-0.05, 0) is 59.8 Å². The maximum absolute atomic E-state index is 12.5. The summed E-state index contributed by atoms with van der Waals surface area (Å²) >= 11 is 0. The Morgan fingerprint density at radius 1 is 1.04 bits per heavy atom. The minimum absolute atomic E-state index is 0.417. The molecule has 1 N–H and O–H groups in total. The maximum atomic E-state index is 12.5. The van der Waals surface area contributed by atoms with Crippen molar-refractivity contribution in [3.63, 3.8) is 0 Å². The molecule has 23 heavy (non-hydrogen) atoms. The van der Waals surface area contributed by atoms with Gasteiger partial charge in [0.25, 0.3) is 0 Å². The molecule has 1 heterocycles. The van der Waals surface area contributed by atoms with Gasteiger partial charge in [-0.2, -0.15) is 13.2 Å². The molecule has 2 aromatic carbocycles. The van der Waals surface area contributed by atoms with Gasteiger partial charge in [0.1, 0.15) is 5.75 Å². The normalized spacial score (nSPS) is 11.8. The van der Waals surface area contributed by atoms with Crippen LogP contribution in [0.5, 0.6) is 5.75 Å². The predicted octanol–water partition coefficient (Wildman–Crippen LogP) is 5.12. The first-order valence-electron chi connectivity index (χ1n) is 7.30. The Morgan fingerprint density at radius 3 is 2.48 bits per heavy atom. The van der Waals surface area contributed by atoms with Gasteiger partial charge in [0.2, 0.25) is 0 Å². The Labute approximate surface area is 131 Å². The molecule has 0 saturated heterocycles. The first-order valence-corrected chi connectivity index (χ1v) is 7.30. The summed E-state index contributed by atoms with van der Waals surface area (Å²) in [6.45, 7) is 2.46. The number of hydrogen-bond acceptors (Lipinski definition) is 1. The van der Waals surface area contributed by atoms with Crippen LogP contribution in [0.15, 0.2) is 48.7 Å². The molecule has 0 atom stereocenters. The Balaban J connectivity index is 1.62. The fourth-order valence-electron chi connectivity index (χ4n) is 2.61. The lowest BCUT2D eigenvalue weighted by Crippen LogP contribution is -2.05. The molecule has 0 bridgehead atoms. The maximum Gasteiger partial charge on any atom is 0.416 e. The lowest BCUT2D eigenvalue weighted by molar-refractivity contribution is -0.137. The number of nitrogens with one attached hydrogen (secondary N) is 1. The minimum Gasteiger partial charge on any atom is -0.493 e. The third-order valence-electron chi connectivity index (χ3n) is 3.76. The highest BCUT2D eigenvalue weighted by Gasteiger charge is 2.29.